The van der Waals surface area contributed by atoms with E-state index >= 15 is 0 Å². The highest BCUT2D eigenvalue weighted by molar-refractivity contribution is 5.65. The zero-order valence-electron chi connectivity index (χ0n) is 9.51. The maximum absolute atomic E-state index is 2.34. The first kappa shape index (κ1) is 11.0. The van der Waals surface area contributed by atoms with Gasteiger partial charge in [-0.3, -0.25) is 0 Å². The van der Waals surface area contributed by atoms with Crippen LogP contribution < -0.4 is 0 Å². The summed E-state index contributed by atoms with van der Waals surface area (Å²) in [5.41, 5.74) is 4.22. The zero-order valence-corrected chi connectivity index (χ0v) is 9.51. The van der Waals surface area contributed by atoms with Crippen molar-refractivity contribution in [3.8, 4) is 0 Å². The van der Waals surface area contributed by atoms with Crippen LogP contribution in [0, 0.1) is 6.92 Å². The third kappa shape index (κ3) is 3.02. The summed E-state index contributed by atoms with van der Waals surface area (Å²) in [5, 5.41) is 0. The van der Waals surface area contributed by atoms with Gasteiger partial charge in [-0.15, -0.1) is 0 Å². The van der Waals surface area contributed by atoms with Crippen LogP contribution in [0.15, 0.2) is 30.3 Å². The van der Waals surface area contributed by atoms with E-state index in [2.05, 4.69) is 51.1 Å². The minimum Gasteiger partial charge on any atom is -0.0810 e. The lowest BCUT2D eigenvalue weighted by Crippen LogP contribution is -1.84. The highest BCUT2D eigenvalue weighted by Gasteiger charge is 1.98. The van der Waals surface area contributed by atoms with E-state index in [0.29, 0.717) is 0 Å². The average Bonchev–Trinajstić information content (AvgIpc) is 2.19. The Hall–Kier alpha value is -1.04. The van der Waals surface area contributed by atoms with Crippen molar-refractivity contribution in [1.29, 1.82) is 0 Å². The normalized spacial score (nSPS) is 11.8. The molecule has 1 rings (SSSR count). The average molecular weight is 188 g/mol. The summed E-state index contributed by atoms with van der Waals surface area (Å²) in [6, 6.07) is 8.84. The molecule has 0 atom stereocenters. The molecule has 14 heavy (non-hydrogen) atoms. The minimum absolute atomic E-state index is 1.13. The van der Waals surface area contributed by atoms with Crippen LogP contribution in [0.5, 0.6) is 0 Å². The van der Waals surface area contributed by atoms with Gasteiger partial charge in [0.2, 0.25) is 0 Å². The predicted octanol–water partition coefficient (Wildman–Crippen LogP) is 4.59. The molecule has 0 spiro atoms. The molecule has 0 nitrogen and oxygen atoms in total. The van der Waals surface area contributed by atoms with E-state index in [1.54, 1.807) is 0 Å². The Balaban J connectivity index is 2.88. The molecule has 0 unspecified atom stereocenters. The third-order valence-corrected chi connectivity index (χ3v) is 2.39. The first-order valence-corrected chi connectivity index (χ1v) is 5.54. The van der Waals surface area contributed by atoms with Gasteiger partial charge in [-0.25, -0.2) is 0 Å². The van der Waals surface area contributed by atoms with Crippen molar-refractivity contribution in [2.75, 3.05) is 0 Å². The Bertz CT molecular complexity index is 290. The summed E-state index contributed by atoms with van der Waals surface area (Å²) >= 11 is 0. The van der Waals surface area contributed by atoms with Crippen LogP contribution in [0.1, 0.15) is 44.2 Å². The molecular formula is C14H20. The maximum atomic E-state index is 2.34. The van der Waals surface area contributed by atoms with Gasteiger partial charge in [0.15, 0.2) is 0 Å². The molecule has 0 amide bonds. The van der Waals surface area contributed by atoms with Gasteiger partial charge in [0.25, 0.3) is 0 Å². The molecule has 0 saturated heterocycles. The summed E-state index contributed by atoms with van der Waals surface area (Å²) in [4.78, 5) is 0. The van der Waals surface area contributed by atoms with Crippen LogP contribution in [0.25, 0.3) is 5.57 Å². The fraction of sp³-hybridized carbons (Fsp3) is 0.429. The van der Waals surface area contributed by atoms with Crippen molar-refractivity contribution in [3.63, 3.8) is 0 Å². The number of allylic oxidation sites excluding steroid dienone is 2. The Labute approximate surface area is 87.7 Å². The number of aryl methyl sites for hydroxylation is 1. The molecule has 0 aliphatic heterocycles. The summed E-state index contributed by atoms with van der Waals surface area (Å²) in [5.74, 6) is 0. The fourth-order valence-electron chi connectivity index (χ4n) is 1.65. The quantitative estimate of drug-likeness (QED) is 0.648. The molecular weight excluding hydrogens is 168 g/mol. The van der Waals surface area contributed by atoms with Crippen LogP contribution in [-0.4, -0.2) is 0 Å². The number of hydrogen-bond acceptors (Lipinski definition) is 0. The highest BCUT2D eigenvalue weighted by atomic mass is 14.0. The SMILES string of the molecule is CCC=C(CCC)c1ccc(C)cc1. The first-order chi connectivity index (χ1) is 6.77. The van der Waals surface area contributed by atoms with Crippen LogP contribution in [-0.2, 0) is 0 Å². The van der Waals surface area contributed by atoms with E-state index < -0.39 is 0 Å². The summed E-state index contributed by atoms with van der Waals surface area (Å²) < 4.78 is 0. The molecule has 1 aromatic rings. The molecule has 0 N–H and O–H groups in total. The summed E-state index contributed by atoms with van der Waals surface area (Å²) in [6.07, 6.45) is 5.88. The van der Waals surface area contributed by atoms with Crippen LogP contribution >= 0.6 is 0 Å². The largest absolute Gasteiger partial charge is 0.0810 e. The zero-order chi connectivity index (χ0) is 10.4. The lowest BCUT2D eigenvalue weighted by atomic mass is 9.99. The van der Waals surface area contributed by atoms with E-state index in [0.717, 1.165) is 6.42 Å². The van der Waals surface area contributed by atoms with Gasteiger partial charge in [-0.2, -0.15) is 0 Å². The number of benzene rings is 1. The molecule has 0 saturated carbocycles. The van der Waals surface area contributed by atoms with Gasteiger partial charge in [-0.05, 0) is 30.9 Å². The second kappa shape index (κ2) is 5.64. The van der Waals surface area contributed by atoms with Gasteiger partial charge in [-0.1, -0.05) is 56.2 Å². The summed E-state index contributed by atoms with van der Waals surface area (Å²) in [7, 11) is 0. The fourth-order valence-corrected chi connectivity index (χ4v) is 1.65. The smallest absolute Gasteiger partial charge is 0.0228 e. The molecule has 0 radical (unpaired) electrons. The second-order valence-corrected chi connectivity index (χ2v) is 3.75. The molecule has 0 fully saturated rings. The molecule has 0 aliphatic rings. The molecule has 76 valence electrons. The predicted molar refractivity (Wildman–Crippen MR) is 64.4 cm³/mol. The topological polar surface area (TPSA) is 0 Å². The van der Waals surface area contributed by atoms with Crippen molar-refractivity contribution in [2.45, 2.75) is 40.0 Å². The number of hydrogen-bond donors (Lipinski definition) is 0. The molecule has 0 heteroatoms. The van der Waals surface area contributed by atoms with Crippen molar-refractivity contribution >= 4 is 5.57 Å². The Kier molecular flexibility index (Phi) is 4.45. The number of rotatable bonds is 4. The Morgan fingerprint density at radius 1 is 1.14 bits per heavy atom. The third-order valence-electron chi connectivity index (χ3n) is 2.39. The lowest BCUT2D eigenvalue weighted by Gasteiger charge is -2.06. The van der Waals surface area contributed by atoms with Crippen LogP contribution in [0.2, 0.25) is 0 Å². The molecule has 0 aromatic heterocycles. The second-order valence-electron chi connectivity index (χ2n) is 3.75. The van der Waals surface area contributed by atoms with Crippen LogP contribution in [0.4, 0.5) is 0 Å². The lowest BCUT2D eigenvalue weighted by molar-refractivity contribution is 0.967. The Morgan fingerprint density at radius 2 is 1.79 bits per heavy atom. The highest BCUT2D eigenvalue weighted by Crippen LogP contribution is 2.20. The molecule has 0 heterocycles. The maximum Gasteiger partial charge on any atom is -0.0228 e. The van der Waals surface area contributed by atoms with Gasteiger partial charge >= 0.3 is 0 Å². The van der Waals surface area contributed by atoms with Crippen molar-refractivity contribution in [2.24, 2.45) is 0 Å². The van der Waals surface area contributed by atoms with Gasteiger partial charge in [0, 0.05) is 0 Å². The van der Waals surface area contributed by atoms with E-state index in [4.69, 9.17) is 0 Å². The van der Waals surface area contributed by atoms with Gasteiger partial charge < -0.3 is 0 Å². The van der Waals surface area contributed by atoms with Crippen LogP contribution in [0.3, 0.4) is 0 Å². The molecule has 0 bridgehead atoms. The summed E-state index contributed by atoms with van der Waals surface area (Å²) in [6.45, 7) is 6.56. The van der Waals surface area contributed by atoms with Gasteiger partial charge in [0.1, 0.15) is 0 Å². The van der Waals surface area contributed by atoms with Crippen molar-refractivity contribution in [1.82, 2.24) is 0 Å². The van der Waals surface area contributed by atoms with Gasteiger partial charge in [0.05, 0.1) is 0 Å². The van der Waals surface area contributed by atoms with Crippen molar-refractivity contribution < 1.29 is 0 Å². The minimum atomic E-state index is 1.13. The van der Waals surface area contributed by atoms with Crippen molar-refractivity contribution in [3.05, 3.63) is 41.5 Å². The van der Waals surface area contributed by atoms with E-state index in [9.17, 15) is 0 Å². The monoisotopic (exact) mass is 188 g/mol. The first-order valence-electron chi connectivity index (χ1n) is 5.54. The standard InChI is InChI=1S/C14H20/c1-4-6-13(7-5-2)14-10-8-12(3)9-11-14/h6,8-11H,4-5,7H2,1-3H3. The Morgan fingerprint density at radius 3 is 2.29 bits per heavy atom. The van der Waals surface area contributed by atoms with E-state index in [-0.39, 0.29) is 0 Å². The molecule has 0 aliphatic carbocycles. The van der Waals surface area contributed by atoms with E-state index in [1.165, 1.54) is 29.5 Å². The van der Waals surface area contributed by atoms with E-state index in [1.807, 2.05) is 0 Å². The molecule has 1 aromatic carbocycles.